The van der Waals surface area contributed by atoms with Crippen LogP contribution in [0.1, 0.15) is 32.4 Å². The molecule has 0 saturated carbocycles. The van der Waals surface area contributed by atoms with E-state index in [-0.39, 0.29) is 30.9 Å². The Kier molecular flexibility index (Phi) is 6.72. The van der Waals surface area contributed by atoms with Gasteiger partial charge in [0.15, 0.2) is 0 Å². The normalized spacial score (nSPS) is 15.2. The smallest absolute Gasteiger partial charge is 0.254 e. The Bertz CT molecular complexity index is 1130. The molecule has 1 aromatic heterocycles. The second-order valence-electron chi connectivity index (χ2n) is 7.57. The Labute approximate surface area is 195 Å². The SMILES string of the molecule is C=CCN(CC(=O)N1CCc2sccc2C1c1ccc(Cl)cc1)C(=O)c1ccc(F)cc1. The molecule has 1 aliphatic rings. The van der Waals surface area contributed by atoms with Crippen LogP contribution in [0.3, 0.4) is 0 Å². The lowest BCUT2D eigenvalue weighted by Gasteiger charge is -2.37. The summed E-state index contributed by atoms with van der Waals surface area (Å²) in [6.45, 7) is 4.40. The van der Waals surface area contributed by atoms with Gasteiger partial charge in [-0.05, 0) is 65.4 Å². The van der Waals surface area contributed by atoms with Crippen LogP contribution in [0.5, 0.6) is 0 Å². The van der Waals surface area contributed by atoms with Gasteiger partial charge in [0, 0.05) is 28.6 Å². The van der Waals surface area contributed by atoms with Crippen LogP contribution in [0.15, 0.2) is 72.6 Å². The van der Waals surface area contributed by atoms with Gasteiger partial charge in [0.05, 0.1) is 6.04 Å². The van der Waals surface area contributed by atoms with Crippen molar-refractivity contribution < 1.29 is 14.0 Å². The van der Waals surface area contributed by atoms with E-state index in [9.17, 15) is 14.0 Å². The summed E-state index contributed by atoms with van der Waals surface area (Å²) in [6.07, 6.45) is 2.36. The van der Waals surface area contributed by atoms with Crippen molar-refractivity contribution in [1.82, 2.24) is 9.80 Å². The average Bonchev–Trinajstić information content (AvgIpc) is 3.28. The maximum absolute atomic E-state index is 13.5. The van der Waals surface area contributed by atoms with Crippen LogP contribution in [-0.4, -0.2) is 41.2 Å². The largest absolute Gasteiger partial charge is 0.330 e. The molecule has 0 aliphatic carbocycles. The highest BCUT2D eigenvalue weighted by molar-refractivity contribution is 7.10. The minimum absolute atomic E-state index is 0.0915. The van der Waals surface area contributed by atoms with Crippen molar-refractivity contribution in [3.8, 4) is 0 Å². The first-order chi connectivity index (χ1) is 15.5. The highest BCUT2D eigenvalue weighted by Gasteiger charge is 2.34. The Hall–Kier alpha value is -2.96. The highest BCUT2D eigenvalue weighted by atomic mass is 35.5. The molecule has 1 atom stereocenters. The van der Waals surface area contributed by atoms with Crippen LogP contribution < -0.4 is 0 Å². The van der Waals surface area contributed by atoms with Crippen molar-refractivity contribution in [3.05, 3.63) is 105 Å². The standard InChI is InChI=1S/C25H22ClFN2O2S/c1-2-13-28(25(31)18-5-9-20(27)10-6-18)16-23(30)29-14-11-22-21(12-15-32-22)24(29)17-3-7-19(26)8-4-17/h2-10,12,15,24H,1,11,13-14,16H2. The van der Waals surface area contributed by atoms with E-state index in [1.54, 1.807) is 17.4 Å². The number of halogens is 2. The molecule has 32 heavy (non-hydrogen) atoms. The van der Waals surface area contributed by atoms with Gasteiger partial charge in [0.2, 0.25) is 5.91 Å². The number of fused-ring (bicyclic) bond motifs is 1. The number of amides is 2. The molecule has 0 bridgehead atoms. The molecule has 0 saturated heterocycles. The zero-order valence-corrected chi connectivity index (χ0v) is 18.9. The predicted octanol–water partition coefficient (Wildman–Crippen LogP) is 5.34. The van der Waals surface area contributed by atoms with Gasteiger partial charge in [0.25, 0.3) is 5.91 Å². The number of carbonyl (C=O) groups is 2. The molecule has 0 spiro atoms. The van der Waals surface area contributed by atoms with Crippen molar-refractivity contribution in [2.45, 2.75) is 12.5 Å². The molecule has 2 amide bonds. The van der Waals surface area contributed by atoms with Gasteiger partial charge in [-0.15, -0.1) is 17.9 Å². The van der Waals surface area contributed by atoms with E-state index in [1.807, 2.05) is 34.5 Å². The molecule has 2 aromatic carbocycles. The third kappa shape index (κ3) is 4.61. The van der Waals surface area contributed by atoms with E-state index < -0.39 is 5.82 Å². The van der Waals surface area contributed by atoms with Crippen molar-refractivity contribution in [3.63, 3.8) is 0 Å². The second-order valence-corrected chi connectivity index (χ2v) is 9.01. The third-order valence-corrected chi connectivity index (χ3v) is 6.77. The van der Waals surface area contributed by atoms with Crippen LogP contribution in [-0.2, 0) is 11.2 Å². The first-order valence-electron chi connectivity index (χ1n) is 10.2. The van der Waals surface area contributed by atoms with Crippen molar-refractivity contribution in [1.29, 1.82) is 0 Å². The zero-order chi connectivity index (χ0) is 22.7. The number of nitrogens with zero attached hydrogens (tertiary/aromatic N) is 2. The number of thiophene rings is 1. The second kappa shape index (κ2) is 9.67. The fourth-order valence-electron chi connectivity index (χ4n) is 3.99. The van der Waals surface area contributed by atoms with E-state index in [0.29, 0.717) is 17.1 Å². The molecule has 1 unspecified atom stereocenters. The minimum atomic E-state index is -0.418. The van der Waals surface area contributed by atoms with Crippen molar-refractivity contribution in [2.24, 2.45) is 0 Å². The van der Waals surface area contributed by atoms with Crippen molar-refractivity contribution >= 4 is 34.8 Å². The molecule has 1 aliphatic heterocycles. The van der Waals surface area contributed by atoms with Gasteiger partial charge < -0.3 is 9.80 Å². The van der Waals surface area contributed by atoms with E-state index >= 15 is 0 Å². The van der Waals surface area contributed by atoms with Gasteiger partial charge in [-0.25, -0.2) is 4.39 Å². The molecule has 164 valence electrons. The van der Waals surface area contributed by atoms with Crippen molar-refractivity contribution in [2.75, 3.05) is 19.6 Å². The molecule has 7 heteroatoms. The molecule has 4 rings (SSSR count). The molecular formula is C25H22ClFN2O2S. The lowest BCUT2D eigenvalue weighted by molar-refractivity contribution is -0.133. The summed E-state index contributed by atoms with van der Waals surface area (Å²) >= 11 is 7.77. The number of hydrogen-bond acceptors (Lipinski definition) is 3. The fraction of sp³-hybridized carbons (Fsp3) is 0.200. The number of rotatable bonds is 6. The van der Waals surface area contributed by atoms with E-state index in [0.717, 1.165) is 17.5 Å². The van der Waals surface area contributed by atoms with Gasteiger partial charge in [-0.2, -0.15) is 0 Å². The molecular weight excluding hydrogens is 447 g/mol. The Morgan fingerprint density at radius 3 is 2.56 bits per heavy atom. The lowest BCUT2D eigenvalue weighted by atomic mass is 9.93. The van der Waals surface area contributed by atoms with Gasteiger partial charge in [-0.1, -0.05) is 29.8 Å². The number of benzene rings is 2. The maximum atomic E-state index is 13.5. The van der Waals surface area contributed by atoms with Crippen LogP contribution >= 0.6 is 22.9 Å². The van der Waals surface area contributed by atoms with Crippen LogP contribution in [0.2, 0.25) is 5.02 Å². The Morgan fingerprint density at radius 1 is 1.16 bits per heavy atom. The molecule has 0 radical (unpaired) electrons. The minimum Gasteiger partial charge on any atom is -0.330 e. The summed E-state index contributed by atoms with van der Waals surface area (Å²) in [7, 11) is 0. The van der Waals surface area contributed by atoms with Gasteiger partial charge in [-0.3, -0.25) is 9.59 Å². The molecule has 2 heterocycles. The lowest BCUT2D eigenvalue weighted by Crippen LogP contribution is -2.46. The fourth-order valence-corrected chi connectivity index (χ4v) is 5.02. The van der Waals surface area contributed by atoms with Gasteiger partial charge >= 0.3 is 0 Å². The quantitative estimate of drug-likeness (QED) is 0.458. The first kappa shape index (κ1) is 22.2. The summed E-state index contributed by atoms with van der Waals surface area (Å²) in [5, 5.41) is 2.68. The van der Waals surface area contributed by atoms with Gasteiger partial charge in [0.1, 0.15) is 12.4 Å². The van der Waals surface area contributed by atoms with E-state index in [4.69, 9.17) is 11.6 Å². The Balaban J connectivity index is 1.60. The summed E-state index contributed by atoms with van der Waals surface area (Å²) in [4.78, 5) is 31.0. The zero-order valence-electron chi connectivity index (χ0n) is 17.3. The summed E-state index contributed by atoms with van der Waals surface area (Å²) in [5.41, 5.74) is 2.41. The third-order valence-electron chi connectivity index (χ3n) is 5.53. The first-order valence-corrected chi connectivity index (χ1v) is 11.5. The van der Waals surface area contributed by atoms with E-state index in [2.05, 4.69) is 12.6 Å². The number of carbonyl (C=O) groups excluding carboxylic acids is 2. The van der Waals surface area contributed by atoms with Crippen LogP contribution in [0, 0.1) is 5.82 Å². The summed E-state index contributed by atoms with van der Waals surface area (Å²) < 4.78 is 13.3. The summed E-state index contributed by atoms with van der Waals surface area (Å²) in [5.74, 6) is -0.910. The van der Waals surface area contributed by atoms with Crippen LogP contribution in [0.4, 0.5) is 4.39 Å². The molecule has 0 fully saturated rings. The topological polar surface area (TPSA) is 40.6 Å². The molecule has 4 nitrogen and oxygen atoms in total. The molecule has 0 N–H and O–H groups in total. The highest BCUT2D eigenvalue weighted by Crippen LogP contribution is 2.38. The van der Waals surface area contributed by atoms with E-state index in [1.165, 1.54) is 34.0 Å². The maximum Gasteiger partial charge on any atom is 0.254 e. The predicted molar refractivity (Wildman–Crippen MR) is 126 cm³/mol. The average molecular weight is 469 g/mol. The number of hydrogen-bond donors (Lipinski definition) is 0. The van der Waals surface area contributed by atoms with Crippen LogP contribution in [0.25, 0.3) is 0 Å². The molecule has 3 aromatic rings. The monoisotopic (exact) mass is 468 g/mol. The Morgan fingerprint density at radius 2 is 1.88 bits per heavy atom. The summed E-state index contributed by atoms with van der Waals surface area (Å²) in [6, 6.07) is 14.7.